The van der Waals surface area contributed by atoms with Crippen molar-refractivity contribution in [1.82, 2.24) is 26.3 Å². The molecule has 1 aromatic heterocycles. The fourth-order valence-electron chi connectivity index (χ4n) is 5.39. The molecule has 1 saturated heterocycles. The molecular weight excluding hydrogens is 577 g/mol. The average molecular weight is 612 g/mol. The summed E-state index contributed by atoms with van der Waals surface area (Å²) in [6.07, 6.45) is 1.21. The minimum absolute atomic E-state index is 0.0747. The molecular formula is C34H34FN5O5. The van der Waals surface area contributed by atoms with E-state index in [4.69, 9.17) is 0 Å². The Kier molecular flexibility index (Phi) is 9.98. The van der Waals surface area contributed by atoms with Crippen molar-refractivity contribution in [3.63, 3.8) is 0 Å². The molecule has 4 amide bonds. The maximum Gasteiger partial charge on any atom is 0.289 e. The third-order valence-corrected chi connectivity index (χ3v) is 7.80. The maximum absolute atomic E-state index is 13.8. The Hall–Kier alpha value is -5.32. The Bertz CT molecular complexity index is 1690. The van der Waals surface area contributed by atoms with Gasteiger partial charge in [0.1, 0.15) is 17.6 Å². The van der Waals surface area contributed by atoms with Crippen molar-refractivity contribution in [3.05, 3.63) is 108 Å². The van der Waals surface area contributed by atoms with E-state index in [2.05, 4.69) is 26.3 Å². The molecule has 0 saturated carbocycles. The van der Waals surface area contributed by atoms with Crippen LogP contribution in [0.15, 0.2) is 84.9 Å². The monoisotopic (exact) mass is 611 g/mol. The number of rotatable bonds is 12. The van der Waals surface area contributed by atoms with Gasteiger partial charge >= 0.3 is 0 Å². The molecule has 3 aromatic carbocycles. The minimum Gasteiger partial charge on any atom is -0.356 e. The normalized spacial score (nSPS) is 15.8. The van der Waals surface area contributed by atoms with Crippen LogP contribution in [0.2, 0.25) is 0 Å². The SMILES string of the molecule is O=C(NCc1ccccc1)C(=O)C(C[C@@H]1CCCNC1=O)NC(=O)[C@H](Cc1ccccc1)NC(=O)c1cc2cc(F)ccc2[nH]1. The number of amides is 4. The van der Waals surface area contributed by atoms with Crippen molar-refractivity contribution >= 4 is 40.3 Å². The van der Waals surface area contributed by atoms with Crippen LogP contribution >= 0.6 is 0 Å². The lowest BCUT2D eigenvalue weighted by Crippen LogP contribution is -2.55. The van der Waals surface area contributed by atoms with Gasteiger partial charge in [-0.2, -0.15) is 0 Å². The molecule has 0 spiro atoms. The molecule has 0 radical (unpaired) electrons. The number of benzene rings is 3. The number of aromatic nitrogens is 1. The second-order valence-corrected chi connectivity index (χ2v) is 11.1. The first kappa shape index (κ1) is 31.1. The second-order valence-electron chi connectivity index (χ2n) is 11.1. The van der Waals surface area contributed by atoms with Gasteiger partial charge in [-0.3, -0.25) is 24.0 Å². The highest BCUT2D eigenvalue weighted by atomic mass is 19.1. The molecule has 2 heterocycles. The maximum atomic E-state index is 13.8. The number of ketones is 1. The Morgan fingerprint density at radius 3 is 2.29 bits per heavy atom. The standard InChI is InChI=1S/C34H34FN5O5/c35-25-13-14-26-24(17-25)19-29(38-26)33(44)40-28(16-21-8-3-1-4-9-21)32(43)39-27(18-23-12-7-15-36-31(23)42)30(41)34(45)37-20-22-10-5-2-6-11-22/h1-6,8-11,13-14,17,19,23,27-28,38H,7,12,15-16,18,20H2,(H,36,42)(H,37,45)(H,39,43)(H,40,44)/t23-,27?,28-/m0/s1. The summed E-state index contributed by atoms with van der Waals surface area (Å²) in [5.74, 6) is -4.37. The van der Waals surface area contributed by atoms with Gasteiger partial charge < -0.3 is 26.3 Å². The molecule has 1 aliphatic heterocycles. The molecule has 1 fully saturated rings. The third-order valence-electron chi connectivity index (χ3n) is 7.80. The van der Waals surface area contributed by atoms with E-state index in [-0.39, 0.29) is 31.0 Å². The molecule has 11 heteroatoms. The zero-order valence-corrected chi connectivity index (χ0v) is 24.5. The number of halogens is 1. The zero-order chi connectivity index (χ0) is 31.8. The van der Waals surface area contributed by atoms with Gasteiger partial charge in [-0.15, -0.1) is 0 Å². The van der Waals surface area contributed by atoms with Gasteiger partial charge in [0.25, 0.3) is 11.8 Å². The summed E-state index contributed by atoms with van der Waals surface area (Å²) in [4.78, 5) is 69.0. The minimum atomic E-state index is -1.31. The largest absolute Gasteiger partial charge is 0.356 e. The first-order chi connectivity index (χ1) is 21.8. The van der Waals surface area contributed by atoms with E-state index in [0.29, 0.717) is 30.3 Å². The number of carbonyl (C=O) groups is 5. The molecule has 45 heavy (non-hydrogen) atoms. The molecule has 1 aliphatic rings. The predicted molar refractivity (Wildman–Crippen MR) is 165 cm³/mol. The summed E-state index contributed by atoms with van der Waals surface area (Å²) in [6.45, 7) is 0.626. The highest BCUT2D eigenvalue weighted by Gasteiger charge is 2.35. The van der Waals surface area contributed by atoms with Gasteiger partial charge in [0.05, 0.1) is 6.04 Å². The zero-order valence-electron chi connectivity index (χ0n) is 24.5. The molecule has 4 aromatic rings. The second kappa shape index (κ2) is 14.4. The van der Waals surface area contributed by atoms with E-state index >= 15 is 0 Å². The van der Waals surface area contributed by atoms with E-state index in [1.54, 1.807) is 36.4 Å². The molecule has 0 aliphatic carbocycles. The highest BCUT2D eigenvalue weighted by Crippen LogP contribution is 2.19. The first-order valence-corrected chi connectivity index (χ1v) is 14.8. The number of piperidine rings is 1. The van der Waals surface area contributed by atoms with E-state index in [9.17, 15) is 28.4 Å². The number of carbonyl (C=O) groups excluding carboxylic acids is 5. The number of H-pyrrole nitrogens is 1. The van der Waals surface area contributed by atoms with Crippen LogP contribution in [0.25, 0.3) is 10.9 Å². The molecule has 5 N–H and O–H groups in total. The van der Waals surface area contributed by atoms with Crippen LogP contribution in [-0.2, 0) is 32.1 Å². The van der Waals surface area contributed by atoms with Gasteiger partial charge in [0.15, 0.2) is 0 Å². The number of Topliss-reactive ketones (excluding diaryl/α,β-unsaturated/α-hetero) is 1. The average Bonchev–Trinajstić information content (AvgIpc) is 3.48. The van der Waals surface area contributed by atoms with Gasteiger partial charge in [-0.25, -0.2) is 4.39 Å². The summed E-state index contributed by atoms with van der Waals surface area (Å²) in [5.41, 5.74) is 2.19. The van der Waals surface area contributed by atoms with Crippen LogP contribution in [0.4, 0.5) is 4.39 Å². The lowest BCUT2D eigenvalue weighted by atomic mass is 9.89. The lowest BCUT2D eigenvalue weighted by Gasteiger charge is -2.27. The van der Waals surface area contributed by atoms with Crippen molar-refractivity contribution in [2.45, 2.75) is 44.3 Å². The van der Waals surface area contributed by atoms with E-state index in [1.807, 2.05) is 24.3 Å². The molecule has 232 valence electrons. The van der Waals surface area contributed by atoms with Crippen LogP contribution in [0.3, 0.4) is 0 Å². The van der Waals surface area contributed by atoms with E-state index < -0.39 is 47.3 Å². The summed E-state index contributed by atoms with van der Waals surface area (Å²) < 4.78 is 13.7. The quantitative estimate of drug-likeness (QED) is 0.156. The number of hydrogen-bond donors (Lipinski definition) is 5. The van der Waals surface area contributed by atoms with Gasteiger partial charge in [-0.05, 0) is 54.7 Å². The van der Waals surface area contributed by atoms with E-state index in [1.165, 1.54) is 24.3 Å². The Morgan fingerprint density at radius 1 is 0.867 bits per heavy atom. The van der Waals surface area contributed by atoms with Crippen molar-refractivity contribution < 1.29 is 28.4 Å². The Balaban J connectivity index is 1.36. The number of aromatic amines is 1. The number of nitrogens with one attached hydrogen (secondary N) is 5. The van der Waals surface area contributed by atoms with Crippen LogP contribution in [0.5, 0.6) is 0 Å². The van der Waals surface area contributed by atoms with Crippen LogP contribution < -0.4 is 21.3 Å². The molecule has 0 bridgehead atoms. The summed E-state index contributed by atoms with van der Waals surface area (Å²) in [6, 6.07) is 21.1. The topological polar surface area (TPSA) is 149 Å². The molecule has 1 unspecified atom stereocenters. The van der Waals surface area contributed by atoms with Gasteiger partial charge in [0.2, 0.25) is 17.6 Å². The Labute approximate surface area is 259 Å². The molecule has 10 nitrogen and oxygen atoms in total. The summed E-state index contributed by atoms with van der Waals surface area (Å²) >= 11 is 0. The summed E-state index contributed by atoms with van der Waals surface area (Å²) in [5, 5.41) is 11.3. The fourth-order valence-corrected chi connectivity index (χ4v) is 5.39. The van der Waals surface area contributed by atoms with Crippen molar-refractivity contribution in [2.24, 2.45) is 5.92 Å². The van der Waals surface area contributed by atoms with Crippen molar-refractivity contribution in [1.29, 1.82) is 0 Å². The molecule has 3 atom stereocenters. The number of hydrogen-bond acceptors (Lipinski definition) is 5. The van der Waals surface area contributed by atoms with Crippen LogP contribution in [0.1, 0.15) is 40.9 Å². The van der Waals surface area contributed by atoms with Crippen LogP contribution in [0, 0.1) is 11.7 Å². The van der Waals surface area contributed by atoms with E-state index in [0.717, 1.165) is 11.1 Å². The fraction of sp³-hybridized carbons (Fsp3) is 0.265. The smallest absolute Gasteiger partial charge is 0.289 e. The van der Waals surface area contributed by atoms with Crippen molar-refractivity contribution in [2.75, 3.05) is 6.54 Å². The summed E-state index contributed by atoms with van der Waals surface area (Å²) in [7, 11) is 0. The number of fused-ring (bicyclic) bond motifs is 1. The lowest BCUT2D eigenvalue weighted by molar-refractivity contribution is -0.141. The van der Waals surface area contributed by atoms with Crippen molar-refractivity contribution in [3.8, 4) is 0 Å². The van der Waals surface area contributed by atoms with Gasteiger partial charge in [0, 0.05) is 36.3 Å². The third kappa shape index (κ3) is 8.20. The first-order valence-electron chi connectivity index (χ1n) is 14.8. The van der Waals surface area contributed by atoms with Crippen LogP contribution in [-0.4, -0.2) is 53.0 Å². The highest BCUT2D eigenvalue weighted by molar-refractivity contribution is 6.38. The molecule has 5 rings (SSSR count). The Morgan fingerprint density at radius 2 is 1.58 bits per heavy atom. The predicted octanol–water partition coefficient (Wildman–Crippen LogP) is 2.93. The van der Waals surface area contributed by atoms with Gasteiger partial charge in [-0.1, -0.05) is 60.7 Å².